The van der Waals surface area contributed by atoms with Crippen molar-refractivity contribution in [1.82, 2.24) is 5.32 Å². The van der Waals surface area contributed by atoms with Crippen LogP contribution in [0.5, 0.6) is 0 Å². The van der Waals surface area contributed by atoms with Crippen LogP contribution in [0.1, 0.15) is 136 Å². The van der Waals surface area contributed by atoms with E-state index in [4.69, 9.17) is 28.4 Å². The molecule has 0 aromatic carbocycles. The molecule has 0 bridgehead atoms. The van der Waals surface area contributed by atoms with Crippen LogP contribution in [0, 0.1) is 0 Å². The summed E-state index contributed by atoms with van der Waals surface area (Å²) in [6.45, 7) is 1.60. The first-order valence-corrected chi connectivity index (χ1v) is 24.6. The largest absolute Gasteiger partial charge is 0.394 e. The molecular formula is C47H85NO18. The Labute approximate surface area is 390 Å². The summed E-state index contributed by atoms with van der Waals surface area (Å²) in [5.41, 5.74) is 0. The average molecular weight is 952 g/mol. The van der Waals surface area contributed by atoms with E-state index < -0.39 is 124 Å². The Morgan fingerprint density at radius 2 is 0.970 bits per heavy atom. The van der Waals surface area contributed by atoms with Crippen molar-refractivity contribution >= 4 is 5.91 Å². The number of carbonyl (C=O) groups excluding carboxylic acids is 1. The number of carbonyl (C=O) groups is 1. The summed E-state index contributed by atoms with van der Waals surface area (Å²) in [7, 11) is 0. The van der Waals surface area contributed by atoms with Crippen LogP contribution in [0.25, 0.3) is 0 Å². The van der Waals surface area contributed by atoms with E-state index in [0.717, 1.165) is 38.5 Å². The minimum Gasteiger partial charge on any atom is -0.394 e. The van der Waals surface area contributed by atoms with E-state index in [1.807, 2.05) is 6.08 Å². The van der Waals surface area contributed by atoms with Gasteiger partial charge >= 0.3 is 0 Å². The lowest BCUT2D eigenvalue weighted by atomic mass is 9.96. The third-order valence-corrected chi connectivity index (χ3v) is 12.5. The second kappa shape index (κ2) is 33.0. The monoisotopic (exact) mass is 952 g/mol. The number of rotatable bonds is 33. The maximum atomic E-state index is 13.1. The van der Waals surface area contributed by atoms with Gasteiger partial charge in [0.05, 0.1) is 38.6 Å². The van der Waals surface area contributed by atoms with Crippen LogP contribution in [0.4, 0.5) is 0 Å². The van der Waals surface area contributed by atoms with Gasteiger partial charge in [-0.1, -0.05) is 122 Å². The van der Waals surface area contributed by atoms with Gasteiger partial charge < -0.3 is 89.9 Å². The van der Waals surface area contributed by atoms with Crippen molar-refractivity contribution < 1.29 is 89.4 Å². The average Bonchev–Trinajstić information content (AvgIpc) is 3.31. The number of unbranched alkanes of at least 4 members (excludes halogenated alkanes) is 15. The number of hydrogen-bond donors (Lipinski definition) is 12. The van der Waals surface area contributed by atoms with Crippen molar-refractivity contribution in [1.29, 1.82) is 0 Å². The van der Waals surface area contributed by atoms with E-state index in [1.165, 1.54) is 64.2 Å². The van der Waals surface area contributed by atoms with Gasteiger partial charge in [0, 0.05) is 6.42 Å². The number of aliphatic hydroxyl groups excluding tert-OH is 11. The van der Waals surface area contributed by atoms with Crippen LogP contribution >= 0.6 is 0 Å². The molecule has 0 spiro atoms. The zero-order valence-corrected chi connectivity index (χ0v) is 39.2. The molecule has 3 aliphatic heterocycles. The zero-order valence-electron chi connectivity index (χ0n) is 39.2. The first-order valence-electron chi connectivity index (χ1n) is 24.6. The maximum Gasteiger partial charge on any atom is 0.220 e. The highest BCUT2D eigenvalue weighted by atomic mass is 16.8. The minimum atomic E-state index is -1.98. The van der Waals surface area contributed by atoms with Gasteiger partial charge in [-0.25, -0.2) is 0 Å². The van der Waals surface area contributed by atoms with E-state index in [2.05, 4.69) is 31.3 Å². The van der Waals surface area contributed by atoms with Gasteiger partial charge in [-0.3, -0.25) is 4.79 Å². The lowest BCUT2D eigenvalue weighted by Gasteiger charge is -2.48. The lowest BCUT2D eigenvalue weighted by molar-refractivity contribution is -0.379. The molecule has 0 aromatic heterocycles. The molecule has 0 saturated carbocycles. The Morgan fingerprint density at radius 1 is 0.530 bits per heavy atom. The standard InChI is InChI=1S/C47H85NO18/c1-3-5-7-9-11-13-15-17-19-21-23-25-35(53)48-30(31(52)24-22-20-18-16-14-12-10-8-6-4-2)29-61-45-41(59)38(56)43(33(27-50)63-45)66-47-42(60)39(57)44(34(28-51)64-47)65-46-40(58)37(55)36(54)32(26-49)62-46/h14,16,22,24,30-34,36-47,49-52,54-60H,3-13,15,17-21,23,25-29H2,1-2H3,(H,48,53)/b16-14+,24-22+. The Morgan fingerprint density at radius 3 is 1.52 bits per heavy atom. The van der Waals surface area contributed by atoms with E-state index in [0.29, 0.717) is 12.8 Å². The van der Waals surface area contributed by atoms with E-state index >= 15 is 0 Å². The number of ether oxygens (including phenoxy) is 6. The zero-order chi connectivity index (χ0) is 48.4. The lowest BCUT2D eigenvalue weighted by Crippen LogP contribution is -2.66. The highest BCUT2D eigenvalue weighted by Crippen LogP contribution is 2.33. The summed E-state index contributed by atoms with van der Waals surface area (Å²) in [4.78, 5) is 13.1. The molecule has 3 saturated heterocycles. The van der Waals surface area contributed by atoms with Crippen molar-refractivity contribution in [2.45, 2.75) is 240 Å². The third kappa shape index (κ3) is 19.2. The van der Waals surface area contributed by atoms with Crippen LogP contribution in [0.2, 0.25) is 0 Å². The molecule has 3 fully saturated rings. The van der Waals surface area contributed by atoms with Crippen LogP contribution in [-0.4, -0.2) is 193 Å². The van der Waals surface area contributed by atoms with Gasteiger partial charge in [-0.15, -0.1) is 0 Å². The Kier molecular flexibility index (Phi) is 29.3. The van der Waals surface area contributed by atoms with Crippen LogP contribution in [0.15, 0.2) is 24.3 Å². The van der Waals surface area contributed by atoms with Crippen molar-refractivity contribution in [3.63, 3.8) is 0 Å². The molecule has 3 heterocycles. The molecule has 0 radical (unpaired) electrons. The molecule has 12 N–H and O–H groups in total. The SMILES string of the molecule is CCCCCC/C=C/CC/C=C/C(O)C(COC1OC(CO)C(OC2OC(CO)C(OC3OC(CO)C(O)C(O)C3O)C(O)C2O)C(O)C1O)NC(=O)CCCCCCCCCCCCC. The minimum absolute atomic E-state index is 0.238. The van der Waals surface area contributed by atoms with Crippen molar-refractivity contribution in [2.24, 2.45) is 0 Å². The topological polar surface area (TPSA) is 307 Å². The highest BCUT2D eigenvalue weighted by Gasteiger charge is 2.53. The highest BCUT2D eigenvalue weighted by molar-refractivity contribution is 5.76. The van der Waals surface area contributed by atoms with Gasteiger partial charge in [0.25, 0.3) is 0 Å². The summed E-state index contributed by atoms with van der Waals surface area (Å²) in [5.74, 6) is -0.292. The van der Waals surface area contributed by atoms with Crippen molar-refractivity contribution in [3.05, 3.63) is 24.3 Å². The molecular weight excluding hydrogens is 867 g/mol. The van der Waals surface area contributed by atoms with Gasteiger partial charge in [0.15, 0.2) is 18.9 Å². The van der Waals surface area contributed by atoms with Crippen molar-refractivity contribution in [2.75, 3.05) is 26.4 Å². The molecule has 19 heteroatoms. The predicted molar refractivity (Wildman–Crippen MR) is 240 cm³/mol. The van der Waals surface area contributed by atoms with Crippen LogP contribution in [-0.2, 0) is 33.2 Å². The number of amides is 1. The smallest absolute Gasteiger partial charge is 0.220 e. The molecule has 17 atom stereocenters. The predicted octanol–water partition coefficient (Wildman–Crippen LogP) is 0.861. The van der Waals surface area contributed by atoms with Gasteiger partial charge in [0.2, 0.25) is 5.91 Å². The second-order valence-electron chi connectivity index (χ2n) is 17.9. The number of allylic oxidation sites excluding steroid dienone is 3. The van der Waals surface area contributed by atoms with Gasteiger partial charge in [-0.2, -0.15) is 0 Å². The summed E-state index contributed by atoms with van der Waals surface area (Å²) < 4.78 is 34.0. The van der Waals surface area contributed by atoms with Crippen LogP contribution < -0.4 is 5.32 Å². The summed E-state index contributed by atoms with van der Waals surface area (Å²) in [5, 5.41) is 119. The van der Waals surface area contributed by atoms with Gasteiger partial charge in [0.1, 0.15) is 73.2 Å². The third-order valence-electron chi connectivity index (χ3n) is 12.5. The first kappa shape index (κ1) is 58.6. The van der Waals surface area contributed by atoms with E-state index in [-0.39, 0.29) is 18.9 Å². The molecule has 1 amide bonds. The molecule has 19 nitrogen and oxygen atoms in total. The molecule has 0 aromatic rings. The molecule has 0 aliphatic carbocycles. The van der Waals surface area contributed by atoms with Crippen molar-refractivity contribution in [3.8, 4) is 0 Å². The molecule has 3 aliphatic rings. The molecule has 66 heavy (non-hydrogen) atoms. The van der Waals surface area contributed by atoms with Gasteiger partial charge in [-0.05, 0) is 32.1 Å². The maximum absolute atomic E-state index is 13.1. The van der Waals surface area contributed by atoms with E-state index in [9.17, 15) is 61.0 Å². The van der Waals surface area contributed by atoms with Crippen LogP contribution in [0.3, 0.4) is 0 Å². The molecule has 17 unspecified atom stereocenters. The number of aliphatic hydroxyl groups is 11. The fraction of sp³-hybridized carbons (Fsp3) is 0.894. The first-order chi connectivity index (χ1) is 31.8. The molecule has 386 valence electrons. The second-order valence-corrected chi connectivity index (χ2v) is 17.9. The fourth-order valence-corrected chi connectivity index (χ4v) is 8.32. The number of hydrogen-bond acceptors (Lipinski definition) is 18. The van der Waals surface area contributed by atoms with E-state index in [1.54, 1.807) is 6.08 Å². The normalized spacial score (nSPS) is 34.0. The summed E-state index contributed by atoms with van der Waals surface area (Å²) >= 11 is 0. The molecule has 3 rings (SSSR count). The summed E-state index contributed by atoms with van der Waals surface area (Å²) in [6.07, 6.45) is 0.663. The fourth-order valence-electron chi connectivity index (χ4n) is 8.32. The quantitative estimate of drug-likeness (QED) is 0.0321. The Hall–Kier alpha value is -1.73. The number of nitrogens with one attached hydrogen (secondary N) is 1. The Bertz CT molecular complexity index is 1330. The Balaban J connectivity index is 1.59. The summed E-state index contributed by atoms with van der Waals surface area (Å²) in [6, 6.07) is -0.981.